The fourth-order valence-electron chi connectivity index (χ4n) is 4.24. The van der Waals surface area contributed by atoms with Crippen LogP contribution in [0.2, 0.25) is 0 Å². The van der Waals surface area contributed by atoms with Gasteiger partial charge in [-0.3, -0.25) is 4.79 Å². The lowest BCUT2D eigenvalue weighted by Crippen LogP contribution is -2.41. The van der Waals surface area contributed by atoms with Gasteiger partial charge in [0.2, 0.25) is 0 Å². The Morgan fingerprint density at radius 2 is 1.87 bits per heavy atom. The van der Waals surface area contributed by atoms with Gasteiger partial charge in [0, 0.05) is 5.56 Å². The highest BCUT2D eigenvalue weighted by Crippen LogP contribution is 2.48. The number of aryl methyl sites for hydroxylation is 2. The molecule has 160 valence electrons. The second kappa shape index (κ2) is 8.28. The molecule has 30 heavy (non-hydrogen) atoms. The van der Waals surface area contributed by atoms with E-state index in [1.165, 1.54) is 0 Å². The molecule has 4 rings (SSSR count). The Morgan fingerprint density at radius 3 is 2.57 bits per heavy atom. The van der Waals surface area contributed by atoms with Gasteiger partial charge in [0.1, 0.15) is 0 Å². The SMILES string of the molecule is CCCCOc1ccc(CN2C(=O)C3(OCCO3)c3cc(C)cc(C)c32)cc1OC. The Balaban J connectivity index is 1.66. The third-order valence-electron chi connectivity index (χ3n) is 5.61. The van der Waals surface area contributed by atoms with E-state index in [1.54, 1.807) is 12.0 Å². The second-order valence-corrected chi connectivity index (χ2v) is 7.87. The summed E-state index contributed by atoms with van der Waals surface area (Å²) in [5.74, 6) is -0.113. The summed E-state index contributed by atoms with van der Waals surface area (Å²) < 4.78 is 23.1. The first-order valence-electron chi connectivity index (χ1n) is 10.5. The molecule has 2 heterocycles. The number of carbonyl (C=O) groups is 1. The van der Waals surface area contributed by atoms with E-state index in [1.807, 2.05) is 38.1 Å². The number of benzene rings is 2. The molecule has 6 nitrogen and oxygen atoms in total. The molecular formula is C24H29NO5. The number of hydrogen-bond acceptors (Lipinski definition) is 5. The number of rotatable bonds is 7. The Kier molecular flexibility index (Phi) is 5.71. The average molecular weight is 411 g/mol. The van der Waals surface area contributed by atoms with Crippen LogP contribution in [0.25, 0.3) is 0 Å². The fourth-order valence-corrected chi connectivity index (χ4v) is 4.24. The molecule has 2 aliphatic rings. The highest BCUT2D eigenvalue weighted by atomic mass is 16.7. The average Bonchev–Trinajstić information content (AvgIpc) is 3.30. The van der Waals surface area contributed by atoms with Crippen molar-refractivity contribution in [2.24, 2.45) is 0 Å². The maximum absolute atomic E-state index is 13.5. The second-order valence-electron chi connectivity index (χ2n) is 7.87. The number of unbranched alkanes of at least 4 members (excludes halogenated alkanes) is 1. The third kappa shape index (κ3) is 3.44. The Hall–Kier alpha value is -2.57. The molecular weight excluding hydrogens is 382 g/mol. The first-order chi connectivity index (χ1) is 14.5. The molecule has 0 unspecified atom stereocenters. The minimum Gasteiger partial charge on any atom is -0.493 e. The number of anilines is 1. The minimum absolute atomic E-state index is 0.175. The predicted octanol–water partition coefficient (Wildman–Crippen LogP) is 4.24. The molecule has 0 aromatic heterocycles. The molecule has 0 atom stereocenters. The Labute approximate surface area is 177 Å². The van der Waals surface area contributed by atoms with E-state index in [2.05, 4.69) is 13.0 Å². The molecule has 1 spiro atoms. The molecule has 0 aliphatic carbocycles. The van der Waals surface area contributed by atoms with Crippen LogP contribution < -0.4 is 14.4 Å². The van der Waals surface area contributed by atoms with Gasteiger partial charge in [0.15, 0.2) is 11.5 Å². The number of methoxy groups -OCH3 is 1. The van der Waals surface area contributed by atoms with Crippen molar-refractivity contribution in [2.45, 2.75) is 45.9 Å². The molecule has 0 N–H and O–H groups in total. The number of ether oxygens (including phenoxy) is 4. The van der Waals surface area contributed by atoms with Gasteiger partial charge in [-0.25, -0.2) is 0 Å². The van der Waals surface area contributed by atoms with E-state index in [4.69, 9.17) is 18.9 Å². The van der Waals surface area contributed by atoms with E-state index in [9.17, 15) is 4.79 Å². The highest BCUT2D eigenvalue weighted by molar-refractivity contribution is 6.07. The van der Waals surface area contributed by atoms with Crippen LogP contribution in [0.1, 0.15) is 42.0 Å². The highest BCUT2D eigenvalue weighted by Gasteiger charge is 2.56. The van der Waals surface area contributed by atoms with Gasteiger partial charge >= 0.3 is 0 Å². The van der Waals surface area contributed by atoms with Crippen molar-refractivity contribution >= 4 is 11.6 Å². The zero-order chi connectivity index (χ0) is 21.3. The summed E-state index contributed by atoms with van der Waals surface area (Å²) in [6.07, 6.45) is 2.06. The van der Waals surface area contributed by atoms with Gasteiger partial charge in [0.05, 0.1) is 39.2 Å². The smallest absolute Gasteiger partial charge is 0.292 e. The maximum Gasteiger partial charge on any atom is 0.292 e. The lowest BCUT2D eigenvalue weighted by Gasteiger charge is -2.22. The monoisotopic (exact) mass is 411 g/mol. The van der Waals surface area contributed by atoms with E-state index < -0.39 is 5.79 Å². The van der Waals surface area contributed by atoms with Gasteiger partial charge in [-0.15, -0.1) is 0 Å². The molecule has 1 fully saturated rings. The van der Waals surface area contributed by atoms with Crippen LogP contribution in [-0.4, -0.2) is 32.8 Å². The molecule has 2 aromatic carbocycles. The summed E-state index contributed by atoms with van der Waals surface area (Å²) in [5.41, 5.74) is 4.73. The molecule has 2 aliphatic heterocycles. The van der Waals surface area contributed by atoms with Crippen molar-refractivity contribution in [1.29, 1.82) is 0 Å². The summed E-state index contributed by atoms with van der Waals surface area (Å²) in [7, 11) is 1.63. The quantitative estimate of drug-likeness (QED) is 0.638. The third-order valence-corrected chi connectivity index (χ3v) is 5.61. The Morgan fingerprint density at radius 1 is 1.10 bits per heavy atom. The number of fused-ring (bicyclic) bond motifs is 2. The summed E-state index contributed by atoms with van der Waals surface area (Å²) in [6, 6.07) is 9.89. The topological polar surface area (TPSA) is 57.2 Å². The normalized spacial score (nSPS) is 16.9. The Bertz CT molecular complexity index is 949. The van der Waals surface area contributed by atoms with Crippen molar-refractivity contribution < 1.29 is 23.7 Å². The zero-order valence-corrected chi connectivity index (χ0v) is 18.1. The lowest BCUT2D eigenvalue weighted by molar-refractivity contribution is -0.180. The largest absolute Gasteiger partial charge is 0.493 e. The van der Waals surface area contributed by atoms with Gasteiger partial charge in [-0.05, 0) is 49.6 Å². The van der Waals surface area contributed by atoms with Crippen LogP contribution in [0, 0.1) is 13.8 Å². The first-order valence-corrected chi connectivity index (χ1v) is 10.5. The van der Waals surface area contributed by atoms with Gasteiger partial charge < -0.3 is 23.8 Å². The van der Waals surface area contributed by atoms with Crippen molar-refractivity contribution in [1.82, 2.24) is 0 Å². The van der Waals surface area contributed by atoms with Crippen LogP contribution in [0.4, 0.5) is 5.69 Å². The van der Waals surface area contributed by atoms with Crippen LogP contribution in [0.15, 0.2) is 30.3 Å². The van der Waals surface area contributed by atoms with E-state index >= 15 is 0 Å². The summed E-state index contributed by atoms with van der Waals surface area (Å²) in [5, 5.41) is 0. The predicted molar refractivity (Wildman–Crippen MR) is 114 cm³/mol. The maximum atomic E-state index is 13.5. The molecule has 0 saturated carbocycles. The minimum atomic E-state index is -1.32. The van der Waals surface area contributed by atoms with Crippen LogP contribution in [0.3, 0.4) is 0 Å². The summed E-state index contributed by atoms with van der Waals surface area (Å²) in [4.78, 5) is 15.2. The fraction of sp³-hybridized carbons (Fsp3) is 0.458. The zero-order valence-electron chi connectivity index (χ0n) is 18.1. The van der Waals surface area contributed by atoms with E-state index in [0.29, 0.717) is 37.9 Å². The standard InChI is InChI=1S/C24H29NO5/c1-5-6-9-28-20-8-7-18(14-21(20)27-4)15-25-22-17(3)12-16(2)13-19(22)24(23(25)26)29-10-11-30-24/h7-8,12-14H,5-6,9-11,15H2,1-4H3. The molecule has 0 radical (unpaired) electrons. The van der Waals surface area contributed by atoms with Crippen LogP contribution in [0.5, 0.6) is 11.5 Å². The summed E-state index contributed by atoms with van der Waals surface area (Å²) >= 11 is 0. The van der Waals surface area contributed by atoms with Crippen molar-refractivity contribution in [3.63, 3.8) is 0 Å². The van der Waals surface area contributed by atoms with Gasteiger partial charge in [0.25, 0.3) is 11.7 Å². The number of nitrogens with zero attached hydrogens (tertiary/aromatic N) is 1. The number of carbonyl (C=O) groups excluding carboxylic acids is 1. The van der Waals surface area contributed by atoms with Gasteiger partial charge in [-0.2, -0.15) is 0 Å². The van der Waals surface area contributed by atoms with E-state index in [-0.39, 0.29) is 5.91 Å². The molecule has 1 amide bonds. The number of amides is 1. The van der Waals surface area contributed by atoms with Crippen molar-refractivity contribution in [2.75, 3.05) is 31.8 Å². The van der Waals surface area contributed by atoms with E-state index in [0.717, 1.165) is 40.8 Å². The molecule has 2 aromatic rings. The van der Waals surface area contributed by atoms with Crippen molar-refractivity contribution in [3.8, 4) is 11.5 Å². The number of hydrogen-bond donors (Lipinski definition) is 0. The molecule has 1 saturated heterocycles. The van der Waals surface area contributed by atoms with Crippen LogP contribution in [-0.2, 0) is 26.6 Å². The molecule has 6 heteroatoms. The first kappa shape index (κ1) is 20.7. The van der Waals surface area contributed by atoms with Crippen LogP contribution >= 0.6 is 0 Å². The van der Waals surface area contributed by atoms with Gasteiger partial charge in [-0.1, -0.05) is 31.0 Å². The molecule has 0 bridgehead atoms. The lowest BCUT2D eigenvalue weighted by atomic mass is 10.0. The summed E-state index contributed by atoms with van der Waals surface area (Å²) in [6.45, 7) is 8.03. The van der Waals surface area contributed by atoms with Crippen molar-refractivity contribution in [3.05, 3.63) is 52.6 Å².